The lowest BCUT2D eigenvalue weighted by Gasteiger charge is -2.10. The SMILES string of the molecule is CCCCc1nc(Cl)c(/C=C/C(=O)O)n1Cc1ccc([N+](=O)[O-])cc1. The summed E-state index contributed by atoms with van der Waals surface area (Å²) in [6, 6.07) is 6.21. The summed E-state index contributed by atoms with van der Waals surface area (Å²) in [4.78, 5) is 25.5. The van der Waals surface area contributed by atoms with Crippen LogP contribution in [0.1, 0.15) is 36.8 Å². The molecule has 0 atom stereocenters. The molecule has 2 aromatic rings. The third-order valence-electron chi connectivity index (χ3n) is 3.67. The number of hydrogen-bond acceptors (Lipinski definition) is 4. The molecule has 25 heavy (non-hydrogen) atoms. The number of nitro benzene ring substituents is 1. The molecule has 0 unspecified atom stereocenters. The van der Waals surface area contributed by atoms with Gasteiger partial charge in [-0.05, 0) is 18.1 Å². The predicted molar refractivity (Wildman–Crippen MR) is 94.7 cm³/mol. The number of nitro groups is 1. The molecule has 0 amide bonds. The average molecular weight is 364 g/mol. The number of unbranched alkanes of at least 4 members (excludes halogenated alkanes) is 1. The Balaban J connectivity index is 2.37. The van der Waals surface area contributed by atoms with Crippen molar-refractivity contribution in [2.24, 2.45) is 0 Å². The highest BCUT2D eigenvalue weighted by Crippen LogP contribution is 2.23. The van der Waals surface area contributed by atoms with Crippen LogP contribution in [0.4, 0.5) is 5.69 Å². The number of imidazole rings is 1. The second kappa shape index (κ2) is 8.43. The van der Waals surface area contributed by atoms with Crippen LogP contribution in [-0.4, -0.2) is 25.6 Å². The summed E-state index contributed by atoms with van der Waals surface area (Å²) in [7, 11) is 0. The molecule has 0 radical (unpaired) electrons. The molecule has 1 N–H and O–H groups in total. The number of benzene rings is 1. The van der Waals surface area contributed by atoms with E-state index in [1.807, 2.05) is 4.57 Å². The van der Waals surface area contributed by atoms with Gasteiger partial charge >= 0.3 is 5.97 Å². The van der Waals surface area contributed by atoms with E-state index in [2.05, 4.69) is 11.9 Å². The number of carboxylic acid groups (broad SMARTS) is 1. The van der Waals surface area contributed by atoms with Gasteiger partial charge in [0.15, 0.2) is 5.15 Å². The number of carboxylic acids is 1. The lowest BCUT2D eigenvalue weighted by molar-refractivity contribution is -0.384. The van der Waals surface area contributed by atoms with E-state index in [-0.39, 0.29) is 10.8 Å². The van der Waals surface area contributed by atoms with E-state index in [4.69, 9.17) is 16.7 Å². The monoisotopic (exact) mass is 363 g/mol. The number of nitrogens with zero attached hydrogens (tertiary/aromatic N) is 3. The summed E-state index contributed by atoms with van der Waals surface area (Å²) in [5.74, 6) is -0.315. The molecule has 1 aromatic heterocycles. The highest BCUT2D eigenvalue weighted by molar-refractivity contribution is 6.30. The number of aliphatic carboxylic acids is 1. The maximum absolute atomic E-state index is 10.8. The third-order valence-corrected chi connectivity index (χ3v) is 3.94. The summed E-state index contributed by atoms with van der Waals surface area (Å²) in [5, 5.41) is 19.9. The van der Waals surface area contributed by atoms with Crippen molar-refractivity contribution in [3.63, 3.8) is 0 Å². The molecular weight excluding hydrogens is 346 g/mol. The van der Waals surface area contributed by atoms with Crippen LogP contribution in [0.3, 0.4) is 0 Å². The Kier molecular flexibility index (Phi) is 6.30. The number of non-ortho nitro benzene ring substituents is 1. The minimum atomic E-state index is -1.07. The second-order valence-electron chi connectivity index (χ2n) is 5.49. The molecular formula is C17H18ClN3O4. The van der Waals surface area contributed by atoms with Crippen molar-refractivity contribution in [3.05, 3.63) is 62.7 Å². The van der Waals surface area contributed by atoms with E-state index in [1.54, 1.807) is 12.1 Å². The fourth-order valence-electron chi connectivity index (χ4n) is 2.40. The van der Waals surface area contributed by atoms with Gasteiger partial charge in [0.25, 0.3) is 5.69 Å². The van der Waals surface area contributed by atoms with Gasteiger partial charge in [-0.1, -0.05) is 37.1 Å². The first kappa shape index (κ1) is 18.7. The molecule has 0 bridgehead atoms. The topological polar surface area (TPSA) is 98.3 Å². The van der Waals surface area contributed by atoms with Crippen LogP contribution < -0.4 is 0 Å². The van der Waals surface area contributed by atoms with Gasteiger partial charge in [-0.3, -0.25) is 10.1 Å². The van der Waals surface area contributed by atoms with E-state index in [9.17, 15) is 14.9 Å². The smallest absolute Gasteiger partial charge is 0.328 e. The molecule has 1 heterocycles. The standard InChI is InChI=1S/C17H18ClN3O4/c1-2-3-4-15-19-17(18)14(9-10-16(22)23)20(15)11-12-5-7-13(8-6-12)21(24)25/h5-10H,2-4,11H2,1H3,(H,22,23)/b10-9+. The first-order valence-electron chi connectivity index (χ1n) is 7.81. The quantitative estimate of drug-likeness (QED) is 0.435. The summed E-state index contributed by atoms with van der Waals surface area (Å²) < 4.78 is 1.85. The number of rotatable bonds is 8. The highest BCUT2D eigenvalue weighted by atomic mass is 35.5. The Morgan fingerprint density at radius 1 is 1.40 bits per heavy atom. The van der Waals surface area contributed by atoms with Crippen LogP contribution in [0.2, 0.25) is 5.15 Å². The predicted octanol–water partition coefficient (Wildman–Crippen LogP) is 3.93. The molecule has 0 saturated carbocycles. The largest absolute Gasteiger partial charge is 0.478 e. The average Bonchev–Trinajstić information content (AvgIpc) is 2.86. The fraction of sp³-hybridized carbons (Fsp3) is 0.294. The first-order valence-corrected chi connectivity index (χ1v) is 8.19. The van der Waals surface area contributed by atoms with E-state index in [0.717, 1.165) is 30.3 Å². The first-order chi connectivity index (χ1) is 11.9. The van der Waals surface area contributed by atoms with Crippen molar-refractivity contribution in [2.45, 2.75) is 32.7 Å². The molecule has 7 nitrogen and oxygen atoms in total. The summed E-state index contributed by atoms with van der Waals surface area (Å²) >= 11 is 6.18. The number of aryl methyl sites for hydroxylation is 1. The van der Waals surface area contributed by atoms with Gasteiger partial charge in [-0.25, -0.2) is 9.78 Å². The van der Waals surface area contributed by atoms with Crippen molar-refractivity contribution in [1.29, 1.82) is 0 Å². The summed E-state index contributed by atoms with van der Waals surface area (Å²) in [6.07, 6.45) is 5.06. The summed E-state index contributed by atoms with van der Waals surface area (Å²) in [5.41, 5.74) is 1.36. The Morgan fingerprint density at radius 2 is 2.08 bits per heavy atom. The van der Waals surface area contributed by atoms with E-state index < -0.39 is 10.9 Å². The lowest BCUT2D eigenvalue weighted by Crippen LogP contribution is -2.07. The van der Waals surface area contributed by atoms with Crippen LogP contribution in [0.15, 0.2) is 30.3 Å². The van der Waals surface area contributed by atoms with Crippen molar-refractivity contribution < 1.29 is 14.8 Å². The van der Waals surface area contributed by atoms with E-state index in [0.29, 0.717) is 18.7 Å². The zero-order chi connectivity index (χ0) is 18.4. The molecule has 0 aliphatic rings. The van der Waals surface area contributed by atoms with Gasteiger partial charge in [0.05, 0.1) is 10.6 Å². The van der Waals surface area contributed by atoms with Crippen LogP contribution in [0.5, 0.6) is 0 Å². The van der Waals surface area contributed by atoms with Crippen molar-refractivity contribution in [2.75, 3.05) is 0 Å². The normalized spacial score (nSPS) is 11.1. The Hall–Kier alpha value is -2.67. The van der Waals surface area contributed by atoms with Gasteiger partial charge in [-0.15, -0.1) is 0 Å². The molecule has 0 aliphatic carbocycles. The minimum absolute atomic E-state index is 0.0182. The lowest BCUT2D eigenvalue weighted by atomic mass is 10.2. The maximum Gasteiger partial charge on any atom is 0.328 e. The molecule has 0 fully saturated rings. The van der Waals surface area contributed by atoms with Gasteiger partial charge in [0.1, 0.15) is 5.82 Å². The molecule has 2 rings (SSSR count). The second-order valence-corrected chi connectivity index (χ2v) is 5.85. The van der Waals surface area contributed by atoms with E-state index >= 15 is 0 Å². The Labute approximate surface area is 149 Å². The Bertz CT molecular complexity index is 797. The van der Waals surface area contributed by atoms with Gasteiger partial charge < -0.3 is 9.67 Å². The number of hydrogen-bond donors (Lipinski definition) is 1. The molecule has 0 aliphatic heterocycles. The van der Waals surface area contributed by atoms with Gasteiger partial charge in [0, 0.05) is 31.2 Å². The van der Waals surface area contributed by atoms with Crippen LogP contribution in [0, 0.1) is 10.1 Å². The van der Waals surface area contributed by atoms with Crippen LogP contribution >= 0.6 is 11.6 Å². The van der Waals surface area contributed by atoms with Crippen LogP contribution in [-0.2, 0) is 17.8 Å². The molecule has 0 spiro atoms. The van der Waals surface area contributed by atoms with Crippen molar-refractivity contribution in [3.8, 4) is 0 Å². The zero-order valence-corrected chi connectivity index (χ0v) is 14.4. The minimum Gasteiger partial charge on any atom is -0.478 e. The number of aromatic nitrogens is 2. The third kappa shape index (κ3) is 4.90. The van der Waals surface area contributed by atoms with E-state index in [1.165, 1.54) is 18.2 Å². The van der Waals surface area contributed by atoms with Crippen molar-refractivity contribution >= 4 is 29.3 Å². The fourth-order valence-corrected chi connectivity index (χ4v) is 2.66. The van der Waals surface area contributed by atoms with Gasteiger partial charge in [0.2, 0.25) is 0 Å². The molecule has 1 aromatic carbocycles. The number of halogens is 1. The van der Waals surface area contributed by atoms with Crippen molar-refractivity contribution in [1.82, 2.24) is 9.55 Å². The maximum atomic E-state index is 10.8. The highest BCUT2D eigenvalue weighted by Gasteiger charge is 2.15. The summed E-state index contributed by atoms with van der Waals surface area (Å²) in [6.45, 7) is 2.46. The van der Waals surface area contributed by atoms with Crippen LogP contribution in [0.25, 0.3) is 6.08 Å². The molecule has 0 saturated heterocycles. The Morgan fingerprint density at radius 3 is 2.64 bits per heavy atom. The zero-order valence-electron chi connectivity index (χ0n) is 13.7. The molecule has 132 valence electrons. The molecule has 8 heteroatoms. The van der Waals surface area contributed by atoms with Gasteiger partial charge in [-0.2, -0.15) is 0 Å². The number of carbonyl (C=O) groups is 1.